The van der Waals surface area contributed by atoms with Crippen molar-refractivity contribution in [2.75, 3.05) is 20.2 Å². The van der Waals surface area contributed by atoms with E-state index in [0.29, 0.717) is 6.42 Å². The van der Waals surface area contributed by atoms with Gasteiger partial charge in [0.2, 0.25) is 10.0 Å². The highest BCUT2D eigenvalue weighted by Crippen LogP contribution is 2.33. The molecule has 9 heteroatoms. The Labute approximate surface area is 122 Å². The summed E-state index contributed by atoms with van der Waals surface area (Å²) >= 11 is 0. The Balaban J connectivity index is 2.43. The number of nitro benzene ring substituents is 1. The van der Waals surface area contributed by atoms with Gasteiger partial charge in [0.05, 0.1) is 23.7 Å². The molecule has 0 spiro atoms. The van der Waals surface area contributed by atoms with Crippen molar-refractivity contribution in [3.8, 4) is 5.75 Å². The third-order valence-electron chi connectivity index (χ3n) is 3.39. The van der Waals surface area contributed by atoms with Crippen molar-refractivity contribution in [1.82, 2.24) is 4.31 Å². The summed E-state index contributed by atoms with van der Waals surface area (Å²) in [7, 11) is -2.62. The van der Waals surface area contributed by atoms with Crippen molar-refractivity contribution in [2.24, 2.45) is 0 Å². The van der Waals surface area contributed by atoms with Gasteiger partial charge in [-0.05, 0) is 19.4 Å². The quantitative estimate of drug-likeness (QED) is 0.648. The lowest BCUT2D eigenvalue weighted by atomic mass is 10.1. The lowest BCUT2D eigenvalue weighted by molar-refractivity contribution is -0.385. The van der Waals surface area contributed by atoms with Crippen LogP contribution < -0.4 is 4.74 Å². The summed E-state index contributed by atoms with van der Waals surface area (Å²) in [5.41, 5.74) is -1.32. The third kappa shape index (κ3) is 2.99. The maximum absolute atomic E-state index is 12.5. The number of rotatable bonds is 4. The van der Waals surface area contributed by atoms with Gasteiger partial charge in [-0.2, -0.15) is 4.31 Å². The summed E-state index contributed by atoms with van der Waals surface area (Å²) in [6.07, 6.45) is 0.335. The van der Waals surface area contributed by atoms with E-state index in [1.165, 1.54) is 7.11 Å². The largest absolute Gasteiger partial charge is 0.495 e. The normalized spacial score (nSPS) is 23.2. The highest BCUT2D eigenvalue weighted by Gasteiger charge is 2.39. The molecule has 1 aliphatic rings. The summed E-state index contributed by atoms with van der Waals surface area (Å²) in [5.74, 6) is -0.0873. The minimum absolute atomic E-state index is 0.0184. The summed E-state index contributed by atoms with van der Waals surface area (Å²) in [6, 6.07) is 3.34. The number of benzene rings is 1. The van der Waals surface area contributed by atoms with E-state index in [2.05, 4.69) is 0 Å². The van der Waals surface area contributed by atoms with Crippen molar-refractivity contribution < 1.29 is 23.2 Å². The molecule has 0 amide bonds. The minimum Gasteiger partial charge on any atom is -0.495 e. The maximum Gasteiger partial charge on any atom is 0.273 e. The first-order valence-corrected chi connectivity index (χ1v) is 7.66. The van der Waals surface area contributed by atoms with Crippen molar-refractivity contribution in [2.45, 2.75) is 23.8 Å². The lowest BCUT2D eigenvalue weighted by Gasteiger charge is -2.20. The van der Waals surface area contributed by atoms with Gasteiger partial charge in [0.1, 0.15) is 10.6 Å². The molecule has 0 radical (unpaired) electrons. The molecule has 8 nitrogen and oxygen atoms in total. The van der Waals surface area contributed by atoms with Gasteiger partial charge < -0.3 is 9.84 Å². The fourth-order valence-electron chi connectivity index (χ4n) is 2.23. The molecule has 1 saturated heterocycles. The second kappa shape index (κ2) is 5.24. The second-order valence-electron chi connectivity index (χ2n) is 5.18. The molecule has 0 saturated carbocycles. The Morgan fingerprint density at radius 3 is 2.62 bits per heavy atom. The zero-order valence-corrected chi connectivity index (χ0v) is 12.5. The highest BCUT2D eigenvalue weighted by molar-refractivity contribution is 7.89. The monoisotopic (exact) mass is 316 g/mol. The Bertz CT molecular complexity index is 670. The zero-order valence-electron chi connectivity index (χ0n) is 11.6. The molecule has 21 heavy (non-hydrogen) atoms. The average Bonchev–Trinajstić information content (AvgIpc) is 2.78. The van der Waals surface area contributed by atoms with Crippen LogP contribution in [0, 0.1) is 10.1 Å². The van der Waals surface area contributed by atoms with Crippen LogP contribution in [0.4, 0.5) is 5.69 Å². The molecule has 0 aliphatic carbocycles. The second-order valence-corrected chi connectivity index (χ2v) is 7.08. The average molecular weight is 316 g/mol. The summed E-state index contributed by atoms with van der Waals surface area (Å²) in [6.45, 7) is 1.74. The van der Waals surface area contributed by atoms with E-state index in [9.17, 15) is 23.6 Å². The van der Waals surface area contributed by atoms with Gasteiger partial charge in [-0.1, -0.05) is 0 Å². The first-order valence-electron chi connectivity index (χ1n) is 6.22. The van der Waals surface area contributed by atoms with E-state index in [1.807, 2.05) is 0 Å². The van der Waals surface area contributed by atoms with Gasteiger partial charge >= 0.3 is 0 Å². The van der Waals surface area contributed by atoms with Gasteiger partial charge in [0, 0.05) is 19.2 Å². The smallest absolute Gasteiger partial charge is 0.273 e. The van der Waals surface area contributed by atoms with Crippen LogP contribution in [-0.2, 0) is 10.0 Å². The number of hydrogen-bond acceptors (Lipinski definition) is 6. The predicted octanol–water partition coefficient (Wildman–Crippen LogP) is 0.749. The van der Waals surface area contributed by atoms with Crippen LogP contribution in [0.15, 0.2) is 23.1 Å². The van der Waals surface area contributed by atoms with Crippen molar-refractivity contribution in [1.29, 1.82) is 0 Å². The number of methoxy groups -OCH3 is 1. The first-order chi connectivity index (χ1) is 9.67. The molecule has 0 bridgehead atoms. The van der Waals surface area contributed by atoms with E-state index >= 15 is 0 Å². The predicted molar refractivity (Wildman–Crippen MR) is 73.6 cm³/mol. The number of ether oxygens (including phenoxy) is 1. The number of sulfonamides is 1. The molecule has 2 rings (SSSR count). The van der Waals surface area contributed by atoms with Crippen LogP contribution in [-0.4, -0.2) is 48.6 Å². The van der Waals surface area contributed by atoms with Crippen molar-refractivity contribution in [3.05, 3.63) is 28.3 Å². The summed E-state index contributed by atoms with van der Waals surface area (Å²) in [5, 5.41) is 20.6. The molecule has 1 unspecified atom stereocenters. The molecular weight excluding hydrogens is 300 g/mol. The van der Waals surface area contributed by atoms with Gasteiger partial charge in [-0.25, -0.2) is 8.42 Å². The van der Waals surface area contributed by atoms with E-state index in [-0.39, 0.29) is 29.4 Å². The molecule has 1 heterocycles. The molecule has 1 N–H and O–H groups in total. The Morgan fingerprint density at radius 1 is 1.48 bits per heavy atom. The molecule has 1 aromatic rings. The zero-order chi connectivity index (χ0) is 15.8. The maximum atomic E-state index is 12.5. The number of nitrogens with zero attached hydrogens (tertiary/aromatic N) is 2. The molecule has 116 valence electrons. The minimum atomic E-state index is -3.87. The first kappa shape index (κ1) is 15.7. The fraction of sp³-hybridized carbons (Fsp3) is 0.500. The van der Waals surface area contributed by atoms with Gasteiger partial charge in [-0.15, -0.1) is 0 Å². The van der Waals surface area contributed by atoms with Crippen LogP contribution >= 0.6 is 0 Å². The number of nitro groups is 1. The molecular formula is C12H16N2O6S. The Kier molecular flexibility index (Phi) is 3.91. The van der Waals surface area contributed by atoms with Crippen molar-refractivity contribution in [3.63, 3.8) is 0 Å². The number of β-amino-alcohol motifs (C(OH)–C–C–N with tert-alkyl or cyclic N) is 1. The van der Waals surface area contributed by atoms with E-state index in [4.69, 9.17) is 4.74 Å². The summed E-state index contributed by atoms with van der Waals surface area (Å²) in [4.78, 5) is 9.96. The van der Waals surface area contributed by atoms with Crippen LogP contribution in [0.3, 0.4) is 0 Å². The SMILES string of the molecule is COc1cc([N+](=O)[O-])ccc1S(=O)(=O)N1CCC(C)(O)C1. The van der Waals surface area contributed by atoms with Crippen LogP contribution in [0.2, 0.25) is 0 Å². The standard InChI is InChI=1S/C12H16N2O6S/c1-12(15)5-6-13(8-12)21(18,19)11-4-3-9(14(16)17)7-10(11)20-2/h3-4,7,15H,5-6,8H2,1-2H3. The van der Waals surface area contributed by atoms with Gasteiger partial charge in [-0.3, -0.25) is 10.1 Å². The molecule has 1 atom stereocenters. The number of non-ortho nitro benzene ring substituents is 1. The fourth-order valence-corrected chi connectivity index (χ4v) is 3.93. The van der Waals surface area contributed by atoms with Crippen LogP contribution in [0.1, 0.15) is 13.3 Å². The number of hydrogen-bond donors (Lipinski definition) is 1. The van der Waals surface area contributed by atoms with E-state index in [1.54, 1.807) is 6.92 Å². The molecule has 1 fully saturated rings. The Hall–Kier alpha value is -1.71. The summed E-state index contributed by atoms with van der Waals surface area (Å²) < 4.78 is 31.2. The van der Waals surface area contributed by atoms with Gasteiger partial charge in [0.25, 0.3) is 5.69 Å². The van der Waals surface area contributed by atoms with E-state index in [0.717, 1.165) is 22.5 Å². The Morgan fingerprint density at radius 2 is 2.14 bits per heavy atom. The molecule has 0 aromatic heterocycles. The van der Waals surface area contributed by atoms with Gasteiger partial charge in [0.15, 0.2) is 0 Å². The van der Waals surface area contributed by atoms with Crippen LogP contribution in [0.25, 0.3) is 0 Å². The lowest BCUT2D eigenvalue weighted by Crippen LogP contribution is -2.34. The van der Waals surface area contributed by atoms with E-state index < -0.39 is 20.5 Å². The molecule has 1 aromatic carbocycles. The number of aliphatic hydroxyl groups is 1. The highest BCUT2D eigenvalue weighted by atomic mass is 32.2. The molecule has 1 aliphatic heterocycles. The van der Waals surface area contributed by atoms with Crippen LogP contribution in [0.5, 0.6) is 5.75 Å². The van der Waals surface area contributed by atoms with Crippen molar-refractivity contribution >= 4 is 15.7 Å². The third-order valence-corrected chi connectivity index (χ3v) is 5.28. The topological polar surface area (TPSA) is 110 Å².